The average molecular weight is 376 g/mol. The lowest BCUT2D eigenvalue weighted by atomic mass is 9.81. The van der Waals surface area contributed by atoms with Crippen molar-refractivity contribution in [1.82, 2.24) is 5.32 Å². The van der Waals surface area contributed by atoms with Crippen LogP contribution in [0.5, 0.6) is 0 Å². The van der Waals surface area contributed by atoms with E-state index in [0.29, 0.717) is 29.8 Å². The molecule has 26 heavy (non-hydrogen) atoms. The molecule has 1 amide bonds. The minimum atomic E-state index is -0.484. The van der Waals surface area contributed by atoms with Crippen LogP contribution in [-0.2, 0) is 9.53 Å². The van der Waals surface area contributed by atoms with Gasteiger partial charge >= 0.3 is 0 Å². The molecule has 1 N–H and O–H groups in total. The summed E-state index contributed by atoms with van der Waals surface area (Å²) in [4.78, 5) is 12.0. The van der Waals surface area contributed by atoms with Crippen molar-refractivity contribution in [2.45, 2.75) is 50.9 Å². The number of amides is 1. The lowest BCUT2D eigenvalue weighted by Crippen LogP contribution is -2.50. The molecule has 0 aliphatic carbocycles. The van der Waals surface area contributed by atoms with Crippen LogP contribution < -0.4 is 5.32 Å². The Morgan fingerprint density at radius 2 is 1.85 bits per heavy atom. The average Bonchev–Trinajstić information content (AvgIpc) is 2.61. The predicted octanol–water partition coefficient (Wildman–Crippen LogP) is 5.36. The molecule has 3 nitrogen and oxygen atoms in total. The summed E-state index contributed by atoms with van der Waals surface area (Å²) in [6.45, 7) is 3.82. The molecule has 0 unspecified atom stereocenters. The highest BCUT2D eigenvalue weighted by atomic mass is 35.5. The molecule has 0 aromatic heterocycles. The molecule has 5 heteroatoms. The Bertz CT molecular complexity index is 780. The van der Waals surface area contributed by atoms with E-state index in [1.54, 1.807) is 18.2 Å². The van der Waals surface area contributed by atoms with Gasteiger partial charge in [-0.15, -0.1) is 0 Å². The molecule has 0 bridgehead atoms. The van der Waals surface area contributed by atoms with Crippen molar-refractivity contribution >= 4 is 17.5 Å². The molecule has 1 fully saturated rings. The lowest BCUT2D eigenvalue weighted by Gasteiger charge is -2.43. The molecule has 3 rings (SSSR count). The molecule has 1 aliphatic rings. The number of nitrogens with one attached hydrogen (secondary N) is 1. The first kappa shape index (κ1) is 18.9. The van der Waals surface area contributed by atoms with Crippen LogP contribution in [0, 0.1) is 5.82 Å². The van der Waals surface area contributed by atoms with E-state index in [4.69, 9.17) is 16.3 Å². The smallest absolute Gasteiger partial charge is 0.220 e. The van der Waals surface area contributed by atoms with Gasteiger partial charge in [0.2, 0.25) is 5.91 Å². The van der Waals surface area contributed by atoms with Crippen molar-refractivity contribution in [3.8, 4) is 0 Å². The Morgan fingerprint density at radius 1 is 1.19 bits per heavy atom. The Kier molecular flexibility index (Phi) is 5.64. The second-order valence-electron chi connectivity index (χ2n) is 7.06. The zero-order chi connectivity index (χ0) is 18.7. The molecular weight excluding hydrogens is 353 g/mol. The van der Waals surface area contributed by atoms with Gasteiger partial charge in [-0.1, -0.05) is 48.9 Å². The van der Waals surface area contributed by atoms with Crippen molar-refractivity contribution in [3.05, 3.63) is 70.5 Å². The van der Waals surface area contributed by atoms with Gasteiger partial charge in [0, 0.05) is 35.4 Å². The Morgan fingerprint density at radius 3 is 2.50 bits per heavy atom. The molecule has 0 spiro atoms. The zero-order valence-corrected chi connectivity index (χ0v) is 15.7. The highest BCUT2D eigenvalue weighted by Crippen LogP contribution is 2.44. The molecule has 3 atom stereocenters. The largest absolute Gasteiger partial charge is 0.365 e. The first-order valence-corrected chi connectivity index (χ1v) is 9.24. The standard InChI is InChI=1S/C21H23ClFNO2/c1-3-20(25)24-21(2)12-18(14-8-10-15(22)11-9-14)26-19(13-21)16-6-4-5-7-17(16)23/h4-11,18-19H,3,12-13H2,1-2H3,(H,24,25)/t18-,19+,21-/m0/s1. The van der Waals surface area contributed by atoms with Crippen LogP contribution in [0.2, 0.25) is 5.02 Å². The maximum atomic E-state index is 14.4. The van der Waals surface area contributed by atoms with Crippen LogP contribution in [0.3, 0.4) is 0 Å². The Hall–Kier alpha value is -1.91. The van der Waals surface area contributed by atoms with Gasteiger partial charge in [0.15, 0.2) is 0 Å². The number of rotatable bonds is 4. The monoisotopic (exact) mass is 375 g/mol. The minimum absolute atomic E-state index is 0.0171. The summed E-state index contributed by atoms with van der Waals surface area (Å²) in [7, 11) is 0. The van der Waals surface area contributed by atoms with Crippen molar-refractivity contribution in [2.24, 2.45) is 0 Å². The summed E-state index contributed by atoms with van der Waals surface area (Å²) >= 11 is 5.99. The molecule has 1 heterocycles. The van der Waals surface area contributed by atoms with Crippen molar-refractivity contribution < 1.29 is 13.9 Å². The molecule has 0 radical (unpaired) electrons. The zero-order valence-electron chi connectivity index (χ0n) is 15.0. The summed E-state index contributed by atoms with van der Waals surface area (Å²) in [5, 5.41) is 3.76. The normalized spacial score (nSPS) is 25.7. The van der Waals surface area contributed by atoms with Gasteiger partial charge in [-0.2, -0.15) is 0 Å². The van der Waals surface area contributed by atoms with Gasteiger partial charge in [0.1, 0.15) is 5.82 Å². The first-order valence-electron chi connectivity index (χ1n) is 8.86. The van der Waals surface area contributed by atoms with Crippen LogP contribution in [-0.4, -0.2) is 11.4 Å². The molecule has 2 aromatic carbocycles. The van der Waals surface area contributed by atoms with E-state index in [9.17, 15) is 9.18 Å². The van der Waals surface area contributed by atoms with Crippen LogP contribution in [0.4, 0.5) is 4.39 Å². The topological polar surface area (TPSA) is 38.3 Å². The molecule has 1 saturated heterocycles. The maximum absolute atomic E-state index is 14.4. The van der Waals surface area contributed by atoms with Gasteiger partial charge in [0.05, 0.1) is 12.2 Å². The highest BCUT2D eigenvalue weighted by molar-refractivity contribution is 6.30. The van der Waals surface area contributed by atoms with Crippen LogP contribution in [0.15, 0.2) is 48.5 Å². The quantitative estimate of drug-likeness (QED) is 0.781. The van der Waals surface area contributed by atoms with Gasteiger partial charge in [0.25, 0.3) is 0 Å². The van der Waals surface area contributed by atoms with Gasteiger partial charge in [-0.3, -0.25) is 4.79 Å². The van der Waals surface area contributed by atoms with Crippen LogP contribution >= 0.6 is 11.6 Å². The van der Waals surface area contributed by atoms with E-state index >= 15 is 0 Å². The summed E-state index contributed by atoms with van der Waals surface area (Å²) in [5.74, 6) is -0.310. The second kappa shape index (κ2) is 7.77. The molecule has 0 saturated carbocycles. The SMILES string of the molecule is CCC(=O)N[C@@]1(C)C[C@@H](c2ccc(Cl)cc2)O[C@@H](c2ccccc2F)C1. The number of halogens is 2. The fraction of sp³-hybridized carbons (Fsp3) is 0.381. The molecule has 2 aromatic rings. The van der Waals surface area contributed by atoms with Crippen LogP contribution in [0.1, 0.15) is 56.4 Å². The molecule has 1 aliphatic heterocycles. The fourth-order valence-corrected chi connectivity index (χ4v) is 3.64. The number of carbonyl (C=O) groups excluding carboxylic acids is 1. The predicted molar refractivity (Wildman–Crippen MR) is 100 cm³/mol. The summed E-state index contributed by atoms with van der Waals surface area (Å²) < 4.78 is 20.6. The minimum Gasteiger partial charge on any atom is -0.365 e. The summed E-state index contributed by atoms with van der Waals surface area (Å²) in [6.07, 6.45) is 0.849. The van der Waals surface area contributed by atoms with E-state index in [1.807, 2.05) is 38.1 Å². The van der Waals surface area contributed by atoms with E-state index in [1.165, 1.54) is 6.07 Å². The van der Waals surface area contributed by atoms with E-state index < -0.39 is 11.6 Å². The van der Waals surface area contributed by atoms with E-state index in [-0.39, 0.29) is 17.8 Å². The van der Waals surface area contributed by atoms with Crippen molar-refractivity contribution in [3.63, 3.8) is 0 Å². The van der Waals surface area contributed by atoms with E-state index in [0.717, 1.165) is 5.56 Å². The second-order valence-corrected chi connectivity index (χ2v) is 7.49. The Labute approximate surface area is 158 Å². The molecule has 138 valence electrons. The van der Waals surface area contributed by atoms with Crippen molar-refractivity contribution in [2.75, 3.05) is 0 Å². The number of carbonyl (C=O) groups is 1. The first-order chi connectivity index (χ1) is 12.4. The molecular formula is C21H23ClFNO2. The number of benzene rings is 2. The van der Waals surface area contributed by atoms with Gasteiger partial charge < -0.3 is 10.1 Å². The highest BCUT2D eigenvalue weighted by Gasteiger charge is 2.40. The lowest BCUT2D eigenvalue weighted by molar-refractivity contribution is -0.128. The van der Waals surface area contributed by atoms with Gasteiger partial charge in [-0.05, 0) is 30.7 Å². The van der Waals surface area contributed by atoms with Crippen molar-refractivity contribution in [1.29, 1.82) is 0 Å². The Balaban J connectivity index is 1.94. The van der Waals surface area contributed by atoms with E-state index in [2.05, 4.69) is 5.32 Å². The summed E-state index contributed by atoms with van der Waals surface area (Å²) in [5.41, 5.74) is 0.998. The number of ether oxygens (including phenoxy) is 1. The number of hydrogen-bond acceptors (Lipinski definition) is 2. The third-order valence-corrected chi connectivity index (χ3v) is 5.11. The van der Waals surface area contributed by atoms with Gasteiger partial charge in [-0.25, -0.2) is 4.39 Å². The fourth-order valence-electron chi connectivity index (χ4n) is 3.52. The third-order valence-electron chi connectivity index (χ3n) is 4.86. The van der Waals surface area contributed by atoms with Crippen LogP contribution in [0.25, 0.3) is 0 Å². The number of hydrogen-bond donors (Lipinski definition) is 1. The third kappa shape index (κ3) is 4.25. The maximum Gasteiger partial charge on any atom is 0.220 e. The summed E-state index contributed by atoms with van der Waals surface area (Å²) in [6, 6.07) is 14.1.